The molecule has 23 heavy (non-hydrogen) atoms. The molecular formula is C19H22N2O2. The van der Waals surface area contributed by atoms with Crippen LogP contribution in [0.5, 0.6) is 0 Å². The molecule has 1 saturated carbocycles. The summed E-state index contributed by atoms with van der Waals surface area (Å²) in [6.07, 6.45) is 2.96. The number of likely N-dealkylation sites (tertiary alicyclic amines) is 1. The summed E-state index contributed by atoms with van der Waals surface area (Å²) >= 11 is 0. The van der Waals surface area contributed by atoms with Crippen molar-refractivity contribution in [1.82, 2.24) is 9.88 Å². The van der Waals surface area contributed by atoms with Crippen LogP contribution in [0, 0.1) is 18.3 Å². The molecule has 2 heterocycles. The third kappa shape index (κ3) is 2.41. The van der Waals surface area contributed by atoms with E-state index in [4.69, 9.17) is 0 Å². The molecule has 2 atom stereocenters. The standard InChI is InChI=1S/C19H22N2O2/c1-13-4-6-15-9-14(5-7-17(15)20-13)10-21-11-16-3-2-8-19(16,12-21)18(22)23/h4-7,9,16H,2-3,8,10-12H2,1H3,(H,22,23)/t16-,19+/m0/s1. The van der Waals surface area contributed by atoms with E-state index in [9.17, 15) is 9.90 Å². The Kier molecular flexibility index (Phi) is 3.38. The quantitative estimate of drug-likeness (QED) is 0.945. The van der Waals surface area contributed by atoms with Gasteiger partial charge in [-0.3, -0.25) is 14.7 Å². The van der Waals surface area contributed by atoms with Crippen LogP contribution in [0.25, 0.3) is 10.9 Å². The number of rotatable bonds is 3. The lowest BCUT2D eigenvalue weighted by Crippen LogP contribution is -2.35. The highest BCUT2D eigenvalue weighted by molar-refractivity contribution is 5.79. The summed E-state index contributed by atoms with van der Waals surface area (Å²) in [6.45, 7) is 4.44. The molecule has 0 unspecified atom stereocenters. The highest BCUT2D eigenvalue weighted by atomic mass is 16.4. The highest BCUT2D eigenvalue weighted by Gasteiger charge is 2.54. The second-order valence-electron chi connectivity index (χ2n) is 7.20. The van der Waals surface area contributed by atoms with Crippen molar-refractivity contribution in [2.24, 2.45) is 11.3 Å². The first-order valence-electron chi connectivity index (χ1n) is 8.39. The smallest absolute Gasteiger partial charge is 0.311 e. The molecule has 0 spiro atoms. The van der Waals surface area contributed by atoms with E-state index in [1.807, 2.05) is 13.0 Å². The number of pyridine rings is 1. The Morgan fingerprint density at radius 2 is 2.26 bits per heavy atom. The Labute approximate surface area is 136 Å². The molecular weight excluding hydrogens is 288 g/mol. The third-order valence-corrected chi connectivity index (χ3v) is 5.67. The fraction of sp³-hybridized carbons (Fsp3) is 0.474. The summed E-state index contributed by atoms with van der Waals surface area (Å²) in [5, 5.41) is 10.8. The minimum Gasteiger partial charge on any atom is -0.481 e. The molecule has 1 saturated heterocycles. The fourth-order valence-electron chi connectivity index (χ4n) is 4.50. The first-order valence-corrected chi connectivity index (χ1v) is 8.39. The van der Waals surface area contributed by atoms with Gasteiger partial charge in [-0.2, -0.15) is 0 Å². The van der Waals surface area contributed by atoms with Gasteiger partial charge in [0.05, 0.1) is 10.9 Å². The highest BCUT2D eigenvalue weighted by Crippen LogP contribution is 2.49. The molecule has 2 fully saturated rings. The molecule has 2 aromatic rings. The molecule has 1 aliphatic carbocycles. The largest absolute Gasteiger partial charge is 0.481 e. The Morgan fingerprint density at radius 3 is 3.04 bits per heavy atom. The molecule has 4 nitrogen and oxygen atoms in total. The number of carboxylic acid groups (broad SMARTS) is 1. The fourth-order valence-corrected chi connectivity index (χ4v) is 4.50. The van der Waals surface area contributed by atoms with Crippen molar-refractivity contribution in [3.63, 3.8) is 0 Å². The summed E-state index contributed by atoms with van der Waals surface area (Å²) in [4.78, 5) is 18.6. The topological polar surface area (TPSA) is 53.4 Å². The summed E-state index contributed by atoms with van der Waals surface area (Å²) in [5.74, 6) is -0.273. The number of hydrogen-bond acceptors (Lipinski definition) is 3. The Bertz CT molecular complexity index is 773. The normalized spacial score (nSPS) is 27.4. The zero-order valence-corrected chi connectivity index (χ0v) is 13.5. The predicted molar refractivity (Wildman–Crippen MR) is 89.2 cm³/mol. The van der Waals surface area contributed by atoms with Crippen LogP contribution in [0.4, 0.5) is 0 Å². The van der Waals surface area contributed by atoms with Crippen molar-refractivity contribution < 1.29 is 9.90 Å². The molecule has 0 amide bonds. The van der Waals surface area contributed by atoms with Gasteiger partial charge in [0.15, 0.2) is 0 Å². The maximum atomic E-state index is 11.8. The van der Waals surface area contributed by atoms with Gasteiger partial charge in [0.2, 0.25) is 0 Å². The van der Waals surface area contributed by atoms with Crippen molar-refractivity contribution in [3.05, 3.63) is 41.6 Å². The lowest BCUT2D eigenvalue weighted by atomic mass is 9.81. The number of aryl methyl sites for hydroxylation is 1. The lowest BCUT2D eigenvalue weighted by Gasteiger charge is -2.23. The van der Waals surface area contributed by atoms with Gasteiger partial charge in [-0.1, -0.05) is 18.6 Å². The zero-order valence-electron chi connectivity index (χ0n) is 13.5. The van der Waals surface area contributed by atoms with E-state index in [1.54, 1.807) is 0 Å². The van der Waals surface area contributed by atoms with E-state index in [1.165, 1.54) is 5.56 Å². The van der Waals surface area contributed by atoms with Crippen LogP contribution in [0.1, 0.15) is 30.5 Å². The predicted octanol–water partition coefficient (Wildman–Crippen LogP) is 3.23. The number of aliphatic carboxylic acids is 1. The summed E-state index contributed by atoms with van der Waals surface area (Å²) in [6, 6.07) is 10.5. The molecule has 1 N–H and O–H groups in total. The van der Waals surface area contributed by atoms with Crippen molar-refractivity contribution in [2.75, 3.05) is 13.1 Å². The zero-order chi connectivity index (χ0) is 16.0. The van der Waals surface area contributed by atoms with Gasteiger partial charge in [0.1, 0.15) is 0 Å². The summed E-state index contributed by atoms with van der Waals surface area (Å²) in [5.41, 5.74) is 2.80. The average Bonchev–Trinajstić information content (AvgIpc) is 3.05. The summed E-state index contributed by atoms with van der Waals surface area (Å²) in [7, 11) is 0. The van der Waals surface area contributed by atoms with Crippen LogP contribution in [0.3, 0.4) is 0 Å². The van der Waals surface area contributed by atoms with Crippen LogP contribution < -0.4 is 0 Å². The number of fused-ring (bicyclic) bond motifs is 2. The SMILES string of the molecule is Cc1ccc2cc(CN3C[C@@H]4CCC[C@@]4(C(=O)O)C3)ccc2n1. The van der Waals surface area contributed by atoms with Crippen molar-refractivity contribution in [3.8, 4) is 0 Å². The first-order chi connectivity index (χ1) is 11.1. The van der Waals surface area contributed by atoms with Gasteiger partial charge < -0.3 is 5.11 Å². The van der Waals surface area contributed by atoms with Gasteiger partial charge in [0.25, 0.3) is 0 Å². The Hall–Kier alpha value is -1.94. The van der Waals surface area contributed by atoms with E-state index in [0.717, 1.165) is 48.9 Å². The van der Waals surface area contributed by atoms with Crippen molar-refractivity contribution in [1.29, 1.82) is 0 Å². The van der Waals surface area contributed by atoms with E-state index in [2.05, 4.69) is 34.1 Å². The van der Waals surface area contributed by atoms with Gasteiger partial charge in [-0.25, -0.2) is 0 Å². The molecule has 1 aromatic heterocycles. The number of benzene rings is 1. The second kappa shape index (κ2) is 5.31. The monoisotopic (exact) mass is 310 g/mol. The molecule has 1 aliphatic heterocycles. The lowest BCUT2D eigenvalue weighted by molar-refractivity contribution is -0.149. The van der Waals surface area contributed by atoms with Crippen molar-refractivity contribution in [2.45, 2.75) is 32.7 Å². The molecule has 120 valence electrons. The third-order valence-electron chi connectivity index (χ3n) is 5.67. The maximum absolute atomic E-state index is 11.8. The maximum Gasteiger partial charge on any atom is 0.311 e. The van der Waals surface area contributed by atoms with Gasteiger partial charge in [0, 0.05) is 30.7 Å². The van der Waals surface area contributed by atoms with E-state index < -0.39 is 11.4 Å². The van der Waals surface area contributed by atoms with E-state index in [0.29, 0.717) is 12.5 Å². The first kappa shape index (κ1) is 14.6. The van der Waals surface area contributed by atoms with Gasteiger partial charge in [-0.05, 0) is 49.4 Å². The molecule has 0 radical (unpaired) electrons. The minimum absolute atomic E-state index is 0.324. The molecule has 1 aromatic carbocycles. The minimum atomic E-state index is -0.597. The average molecular weight is 310 g/mol. The molecule has 4 heteroatoms. The number of hydrogen-bond donors (Lipinski definition) is 1. The van der Waals surface area contributed by atoms with Crippen LogP contribution >= 0.6 is 0 Å². The Balaban J connectivity index is 1.55. The van der Waals surface area contributed by atoms with Gasteiger partial charge >= 0.3 is 5.97 Å². The summed E-state index contributed by atoms with van der Waals surface area (Å²) < 4.78 is 0. The van der Waals surface area contributed by atoms with Crippen molar-refractivity contribution >= 4 is 16.9 Å². The van der Waals surface area contributed by atoms with E-state index in [-0.39, 0.29) is 0 Å². The van der Waals surface area contributed by atoms with Gasteiger partial charge in [-0.15, -0.1) is 0 Å². The Morgan fingerprint density at radius 1 is 1.39 bits per heavy atom. The van der Waals surface area contributed by atoms with Crippen LogP contribution in [0.15, 0.2) is 30.3 Å². The van der Waals surface area contributed by atoms with Crippen LogP contribution in [-0.4, -0.2) is 34.0 Å². The number of nitrogens with zero attached hydrogens (tertiary/aromatic N) is 2. The molecule has 2 aliphatic rings. The molecule has 4 rings (SSSR count). The number of carbonyl (C=O) groups is 1. The second-order valence-corrected chi connectivity index (χ2v) is 7.20. The number of aromatic nitrogens is 1. The van der Waals surface area contributed by atoms with Crippen LogP contribution in [-0.2, 0) is 11.3 Å². The van der Waals surface area contributed by atoms with E-state index >= 15 is 0 Å². The number of carboxylic acids is 1. The molecule has 0 bridgehead atoms. The van der Waals surface area contributed by atoms with Crippen LogP contribution in [0.2, 0.25) is 0 Å².